The predicted octanol–water partition coefficient (Wildman–Crippen LogP) is 4.10. The molecule has 1 amide bonds. The number of benzene rings is 1. The number of hydrogen-bond acceptors (Lipinski definition) is 1. The monoisotopic (exact) mass is 303 g/mol. The Balaban J connectivity index is 2.23. The van der Waals surface area contributed by atoms with Gasteiger partial charge < -0.3 is 4.90 Å². The van der Waals surface area contributed by atoms with Crippen molar-refractivity contribution in [1.29, 1.82) is 0 Å². The van der Waals surface area contributed by atoms with Gasteiger partial charge in [-0.05, 0) is 37.8 Å². The highest BCUT2D eigenvalue weighted by atomic mass is 35.5. The summed E-state index contributed by atoms with van der Waals surface area (Å²) >= 11 is 11.5. The molecule has 19 heavy (non-hydrogen) atoms. The summed E-state index contributed by atoms with van der Waals surface area (Å²) in [6.07, 6.45) is 3.71. The number of carbonyl (C=O) groups is 1. The summed E-state index contributed by atoms with van der Waals surface area (Å²) in [4.78, 5) is 14.2. The SMILES string of the molecule is O=C(c1cccc(Cl)c1F)N1CCCCC1CCCl. The van der Waals surface area contributed by atoms with Crippen molar-refractivity contribution in [2.75, 3.05) is 12.4 Å². The van der Waals surface area contributed by atoms with Crippen LogP contribution in [0.5, 0.6) is 0 Å². The van der Waals surface area contributed by atoms with E-state index in [4.69, 9.17) is 23.2 Å². The largest absolute Gasteiger partial charge is 0.336 e. The maximum atomic E-state index is 13.9. The summed E-state index contributed by atoms with van der Waals surface area (Å²) in [5, 5.41) is -0.0169. The van der Waals surface area contributed by atoms with Crippen LogP contribution in [0.1, 0.15) is 36.0 Å². The molecule has 1 saturated heterocycles. The molecule has 2 nitrogen and oxygen atoms in total. The van der Waals surface area contributed by atoms with Gasteiger partial charge in [-0.1, -0.05) is 17.7 Å². The van der Waals surface area contributed by atoms with Crippen LogP contribution in [-0.4, -0.2) is 29.3 Å². The second kappa shape index (κ2) is 6.58. The topological polar surface area (TPSA) is 20.3 Å². The van der Waals surface area contributed by atoms with Crippen molar-refractivity contribution in [3.05, 3.63) is 34.6 Å². The van der Waals surface area contributed by atoms with Gasteiger partial charge in [-0.2, -0.15) is 0 Å². The van der Waals surface area contributed by atoms with Crippen LogP contribution >= 0.6 is 23.2 Å². The Morgan fingerprint density at radius 3 is 2.95 bits per heavy atom. The minimum atomic E-state index is -0.635. The van der Waals surface area contributed by atoms with Crippen LogP contribution in [0, 0.1) is 5.82 Å². The third-order valence-corrected chi connectivity index (χ3v) is 4.02. The van der Waals surface area contributed by atoms with E-state index in [1.165, 1.54) is 12.1 Å². The molecule has 1 heterocycles. The fourth-order valence-electron chi connectivity index (χ4n) is 2.52. The molecule has 1 atom stereocenters. The molecule has 2 rings (SSSR count). The highest BCUT2D eigenvalue weighted by Crippen LogP contribution is 2.25. The average Bonchev–Trinajstić information content (AvgIpc) is 2.42. The van der Waals surface area contributed by atoms with E-state index >= 15 is 0 Å². The van der Waals surface area contributed by atoms with Crippen molar-refractivity contribution in [3.63, 3.8) is 0 Å². The molecule has 104 valence electrons. The standard InChI is InChI=1S/C14H16Cl2FNO/c15-8-7-10-4-1-2-9-18(10)14(19)11-5-3-6-12(16)13(11)17/h3,5-6,10H,1-2,4,7-9H2. The predicted molar refractivity (Wildman–Crippen MR) is 75.4 cm³/mol. The van der Waals surface area contributed by atoms with Crippen LogP contribution in [0.25, 0.3) is 0 Å². The smallest absolute Gasteiger partial charge is 0.257 e. The second-order valence-corrected chi connectivity index (χ2v) is 5.51. The van der Waals surface area contributed by atoms with Crippen LogP contribution in [0.4, 0.5) is 4.39 Å². The lowest BCUT2D eigenvalue weighted by molar-refractivity contribution is 0.0604. The number of carbonyl (C=O) groups excluding carboxylic acids is 1. The van der Waals surface area contributed by atoms with Crippen molar-refractivity contribution in [2.24, 2.45) is 0 Å². The first-order chi connectivity index (χ1) is 9.15. The molecule has 1 aromatic rings. The highest BCUT2D eigenvalue weighted by Gasteiger charge is 2.28. The molecule has 0 saturated carbocycles. The molecule has 1 aromatic carbocycles. The quantitative estimate of drug-likeness (QED) is 0.770. The molecule has 0 aromatic heterocycles. The number of amides is 1. The molecule has 0 N–H and O–H groups in total. The van der Waals surface area contributed by atoms with Gasteiger partial charge in [0.15, 0.2) is 5.82 Å². The third-order valence-electron chi connectivity index (χ3n) is 3.51. The van der Waals surface area contributed by atoms with Crippen LogP contribution in [0.3, 0.4) is 0 Å². The summed E-state index contributed by atoms with van der Waals surface area (Å²) in [5.74, 6) is -0.411. The van der Waals surface area contributed by atoms with E-state index in [0.29, 0.717) is 12.4 Å². The summed E-state index contributed by atoms with van der Waals surface area (Å²) in [5.41, 5.74) is 0.0500. The summed E-state index contributed by atoms with van der Waals surface area (Å²) in [6, 6.07) is 4.63. The first kappa shape index (κ1) is 14.6. The Labute approximate surface area is 122 Å². The maximum absolute atomic E-state index is 13.9. The fraction of sp³-hybridized carbons (Fsp3) is 0.500. The van der Waals surface area contributed by atoms with E-state index in [-0.39, 0.29) is 22.5 Å². The molecular weight excluding hydrogens is 288 g/mol. The van der Waals surface area contributed by atoms with Crippen molar-refractivity contribution >= 4 is 29.1 Å². The van der Waals surface area contributed by atoms with E-state index in [9.17, 15) is 9.18 Å². The molecule has 1 fully saturated rings. The van der Waals surface area contributed by atoms with E-state index in [1.807, 2.05) is 0 Å². The Hall–Kier alpha value is -0.800. The Kier molecular flexibility index (Phi) is 5.06. The minimum Gasteiger partial charge on any atom is -0.336 e. The van der Waals surface area contributed by atoms with Gasteiger partial charge in [0.05, 0.1) is 10.6 Å². The van der Waals surface area contributed by atoms with Crippen LogP contribution < -0.4 is 0 Å². The van der Waals surface area contributed by atoms with Gasteiger partial charge in [0.2, 0.25) is 0 Å². The van der Waals surface area contributed by atoms with Gasteiger partial charge >= 0.3 is 0 Å². The lowest BCUT2D eigenvalue weighted by Crippen LogP contribution is -2.44. The first-order valence-electron chi connectivity index (χ1n) is 6.46. The lowest BCUT2D eigenvalue weighted by atomic mass is 9.98. The van der Waals surface area contributed by atoms with Crippen LogP contribution in [0.15, 0.2) is 18.2 Å². The maximum Gasteiger partial charge on any atom is 0.257 e. The van der Waals surface area contributed by atoms with Crippen molar-refractivity contribution in [2.45, 2.75) is 31.7 Å². The van der Waals surface area contributed by atoms with Gasteiger partial charge in [-0.25, -0.2) is 4.39 Å². The van der Waals surface area contributed by atoms with E-state index < -0.39 is 5.82 Å². The molecule has 0 bridgehead atoms. The molecule has 0 radical (unpaired) electrons. The molecule has 5 heteroatoms. The zero-order valence-corrected chi connectivity index (χ0v) is 12.1. The van der Waals surface area contributed by atoms with Crippen LogP contribution in [-0.2, 0) is 0 Å². The number of nitrogens with zero attached hydrogens (tertiary/aromatic N) is 1. The number of likely N-dealkylation sites (tertiary alicyclic amines) is 1. The van der Waals surface area contributed by atoms with Gasteiger partial charge in [-0.15, -0.1) is 11.6 Å². The molecule has 0 spiro atoms. The zero-order valence-electron chi connectivity index (χ0n) is 10.5. The number of alkyl halides is 1. The third kappa shape index (κ3) is 3.21. The second-order valence-electron chi connectivity index (χ2n) is 4.73. The van der Waals surface area contributed by atoms with E-state index in [1.54, 1.807) is 11.0 Å². The van der Waals surface area contributed by atoms with Gasteiger partial charge in [0.1, 0.15) is 0 Å². The zero-order chi connectivity index (χ0) is 13.8. The van der Waals surface area contributed by atoms with Crippen molar-refractivity contribution in [3.8, 4) is 0 Å². The number of halogens is 3. The van der Waals surface area contributed by atoms with Crippen molar-refractivity contribution in [1.82, 2.24) is 4.90 Å². The molecular formula is C14H16Cl2FNO. The summed E-state index contributed by atoms with van der Waals surface area (Å²) < 4.78 is 13.9. The number of piperidine rings is 1. The Bertz CT molecular complexity index is 465. The number of rotatable bonds is 3. The van der Waals surface area contributed by atoms with Gasteiger partial charge in [-0.3, -0.25) is 4.79 Å². The molecule has 0 aliphatic carbocycles. The normalized spacial score (nSPS) is 19.5. The van der Waals surface area contributed by atoms with Crippen molar-refractivity contribution < 1.29 is 9.18 Å². The minimum absolute atomic E-state index is 0.0169. The molecule has 1 aliphatic rings. The Morgan fingerprint density at radius 1 is 1.42 bits per heavy atom. The first-order valence-corrected chi connectivity index (χ1v) is 7.37. The van der Waals surface area contributed by atoms with E-state index in [2.05, 4.69) is 0 Å². The Morgan fingerprint density at radius 2 is 2.21 bits per heavy atom. The van der Waals surface area contributed by atoms with Gasteiger partial charge in [0, 0.05) is 18.5 Å². The fourth-order valence-corrected chi connectivity index (χ4v) is 2.94. The highest BCUT2D eigenvalue weighted by molar-refractivity contribution is 6.31. The summed E-state index contributed by atoms with van der Waals surface area (Å²) in [6.45, 7) is 0.659. The summed E-state index contributed by atoms with van der Waals surface area (Å²) in [7, 11) is 0. The van der Waals surface area contributed by atoms with E-state index in [0.717, 1.165) is 25.7 Å². The van der Waals surface area contributed by atoms with Gasteiger partial charge in [0.25, 0.3) is 5.91 Å². The molecule has 1 aliphatic heterocycles. The molecule has 1 unspecified atom stereocenters. The lowest BCUT2D eigenvalue weighted by Gasteiger charge is -2.35. The number of hydrogen-bond donors (Lipinski definition) is 0. The van der Waals surface area contributed by atoms with Crippen LogP contribution in [0.2, 0.25) is 5.02 Å². The average molecular weight is 304 g/mol.